The van der Waals surface area contributed by atoms with E-state index >= 15 is 0 Å². The number of aryl methyl sites for hydroxylation is 1. The van der Waals surface area contributed by atoms with Crippen LogP contribution in [0.25, 0.3) is 0 Å². The highest BCUT2D eigenvalue weighted by molar-refractivity contribution is 7.15. The van der Waals surface area contributed by atoms with Crippen LogP contribution in [0.2, 0.25) is 0 Å². The van der Waals surface area contributed by atoms with E-state index in [2.05, 4.69) is 48.3 Å². The Morgan fingerprint density at radius 2 is 1.90 bits per heavy atom. The van der Waals surface area contributed by atoms with E-state index in [9.17, 15) is 0 Å². The van der Waals surface area contributed by atoms with E-state index in [4.69, 9.17) is 4.98 Å². The predicted octanol–water partition coefficient (Wildman–Crippen LogP) is 3.73. The second-order valence-electron chi connectivity index (χ2n) is 5.52. The van der Waals surface area contributed by atoms with Crippen LogP contribution in [-0.4, -0.2) is 11.5 Å². The number of fused-ring (bicyclic) bond motifs is 1. The molecule has 0 saturated carbocycles. The van der Waals surface area contributed by atoms with Gasteiger partial charge in [-0.25, -0.2) is 4.98 Å². The van der Waals surface area contributed by atoms with Crippen molar-refractivity contribution >= 4 is 16.5 Å². The molecule has 3 nitrogen and oxygen atoms in total. The molecule has 1 aromatic carbocycles. The fourth-order valence-electron chi connectivity index (χ4n) is 2.77. The number of hydrogen-bond donors (Lipinski definition) is 1. The minimum atomic E-state index is 0.954. The second kappa shape index (κ2) is 6.58. The van der Waals surface area contributed by atoms with Gasteiger partial charge in [0.25, 0.3) is 0 Å². The lowest BCUT2D eigenvalue weighted by Gasteiger charge is -2.12. The molecule has 0 unspecified atom stereocenters. The summed E-state index contributed by atoms with van der Waals surface area (Å²) in [4.78, 5) is 8.68. The third-order valence-electron chi connectivity index (χ3n) is 3.93. The van der Waals surface area contributed by atoms with Gasteiger partial charge in [0.1, 0.15) is 0 Å². The van der Waals surface area contributed by atoms with Gasteiger partial charge in [-0.15, -0.1) is 11.3 Å². The molecule has 1 aliphatic heterocycles. The lowest BCUT2D eigenvalue weighted by atomic mass is 10.1. The monoisotopic (exact) mass is 301 g/mol. The van der Waals surface area contributed by atoms with Crippen LogP contribution in [0.15, 0.2) is 24.3 Å². The van der Waals surface area contributed by atoms with Gasteiger partial charge in [-0.05, 0) is 30.5 Å². The molecule has 0 spiro atoms. The average Bonchev–Trinajstić information content (AvgIpc) is 3.10. The van der Waals surface area contributed by atoms with Gasteiger partial charge in [0.2, 0.25) is 0 Å². The highest BCUT2D eigenvalue weighted by Crippen LogP contribution is 2.33. The molecular weight excluding hydrogens is 278 g/mol. The Balaban J connectivity index is 1.75. The van der Waals surface area contributed by atoms with E-state index in [-0.39, 0.29) is 0 Å². The van der Waals surface area contributed by atoms with Crippen LogP contribution >= 0.6 is 11.3 Å². The number of anilines is 1. The van der Waals surface area contributed by atoms with Gasteiger partial charge in [0, 0.05) is 24.5 Å². The minimum Gasteiger partial charge on any atom is -0.339 e. The van der Waals surface area contributed by atoms with E-state index in [1.165, 1.54) is 33.3 Å². The van der Waals surface area contributed by atoms with Gasteiger partial charge in [0.05, 0.1) is 5.69 Å². The van der Waals surface area contributed by atoms with Crippen LogP contribution in [0.4, 0.5) is 5.13 Å². The zero-order valence-electron chi connectivity index (χ0n) is 12.9. The van der Waals surface area contributed by atoms with Crippen molar-refractivity contribution in [1.29, 1.82) is 0 Å². The van der Waals surface area contributed by atoms with Crippen molar-refractivity contribution in [2.75, 3.05) is 11.4 Å². The number of nitrogens with one attached hydrogen (secondary N) is 1. The molecule has 21 heavy (non-hydrogen) atoms. The molecule has 2 heterocycles. The van der Waals surface area contributed by atoms with Gasteiger partial charge in [-0.3, -0.25) is 0 Å². The molecule has 0 fully saturated rings. The van der Waals surface area contributed by atoms with E-state index < -0.39 is 0 Å². The molecule has 1 aromatic heterocycles. The fourth-order valence-corrected chi connectivity index (χ4v) is 3.88. The summed E-state index contributed by atoms with van der Waals surface area (Å²) in [6.45, 7) is 8.42. The molecule has 0 saturated heterocycles. The normalized spacial score (nSPS) is 13.7. The summed E-state index contributed by atoms with van der Waals surface area (Å²) >= 11 is 1.85. The quantitative estimate of drug-likeness (QED) is 0.824. The minimum absolute atomic E-state index is 0.954. The van der Waals surface area contributed by atoms with E-state index in [1.54, 1.807) is 0 Å². The standard InChI is InChI=1S/C17H23N3S/c1-3-9-18-10-16-15(4-2)19-17(21-16)20-11-13-7-5-6-8-14(13)12-20/h5-8,18H,3-4,9-12H2,1-2H3. The van der Waals surface area contributed by atoms with Crippen molar-refractivity contribution in [2.45, 2.75) is 46.3 Å². The SMILES string of the molecule is CCCNCc1sc(N2Cc3ccccc3C2)nc1CC. The van der Waals surface area contributed by atoms with Gasteiger partial charge in [-0.1, -0.05) is 38.1 Å². The van der Waals surface area contributed by atoms with Crippen molar-refractivity contribution in [3.63, 3.8) is 0 Å². The van der Waals surface area contributed by atoms with E-state index in [0.29, 0.717) is 0 Å². The summed E-state index contributed by atoms with van der Waals surface area (Å²) in [5, 5.41) is 4.68. The topological polar surface area (TPSA) is 28.2 Å². The van der Waals surface area contributed by atoms with Crippen LogP contribution in [0, 0.1) is 0 Å². The summed E-state index contributed by atoms with van der Waals surface area (Å²) in [6, 6.07) is 8.71. The number of aromatic nitrogens is 1. The van der Waals surface area contributed by atoms with Crippen LogP contribution in [-0.2, 0) is 26.1 Å². The van der Waals surface area contributed by atoms with Gasteiger partial charge < -0.3 is 10.2 Å². The number of thiazole rings is 1. The Morgan fingerprint density at radius 3 is 2.52 bits per heavy atom. The molecule has 0 radical (unpaired) electrons. The van der Waals surface area contributed by atoms with Crippen LogP contribution in [0.1, 0.15) is 42.0 Å². The largest absolute Gasteiger partial charge is 0.339 e. The van der Waals surface area contributed by atoms with E-state index in [1.807, 2.05) is 11.3 Å². The highest BCUT2D eigenvalue weighted by Gasteiger charge is 2.22. The molecule has 112 valence electrons. The molecule has 3 rings (SSSR count). The molecule has 0 amide bonds. The van der Waals surface area contributed by atoms with Crippen molar-refractivity contribution in [2.24, 2.45) is 0 Å². The van der Waals surface area contributed by atoms with Gasteiger partial charge in [0.15, 0.2) is 5.13 Å². The van der Waals surface area contributed by atoms with Crippen molar-refractivity contribution in [3.8, 4) is 0 Å². The molecule has 4 heteroatoms. The Labute approximate surface area is 131 Å². The fraction of sp³-hybridized carbons (Fsp3) is 0.471. The summed E-state index contributed by atoms with van der Waals surface area (Å²) < 4.78 is 0. The van der Waals surface area contributed by atoms with E-state index in [0.717, 1.165) is 32.6 Å². The highest BCUT2D eigenvalue weighted by atomic mass is 32.1. The summed E-state index contributed by atoms with van der Waals surface area (Å²) in [5.41, 5.74) is 4.14. The molecule has 1 N–H and O–H groups in total. The number of rotatable bonds is 6. The zero-order valence-corrected chi connectivity index (χ0v) is 13.7. The first kappa shape index (κ1) is 14.5. The molecule has 1 aliphatic rings. The average molecular weight is 301 g/mol. The predicted molar refractivity (Wildman–Crippen MR) is 89.8 cm³/mol. The Bertz CT molecular complexity index is 581. The molecule has 0 bridgehead atoms. The van der Waals surface area contributed by atoms with Gasteiger partial charge >= 0.3 is 0 Å². The zero-order chi connectivity index (χ0) is 14.7. The lowest BCUT2D eigenvalue weighted by Crippen LogP contribution is -2.14. The van der Waals surface area contributed by atoms with Crippen LogP contribution < -0.4 is 10.2 Å². The summed E-state index contributed by atoms with van der Waals surface area (Å²) in [6.07, 6.45) is 2.19. The number of hydrogen-bond acceptors (Lipinski definition) is 4. The molecular formula is C17H23N3S. The van der Waals surface area contributed by atoms with Crippen LogP contribution in [0.3, 0.4) is 0 Å². The van der Waals surface area contributed by atoms with Crippen molar-refractivity contribution < 1.29 is 0 Å². The van der Waals surface area contributed by atoms with Crippen molar-refractivity contribution in [3.05, 3.63) is 46.0 Å². The smallest absolute Gasteiger partial charge is 0.186 e. The second-order valence-corrected chi connectivity index (χ2v) is 6.58. The maximum atomic E-state index is 4.88. The summed E-state index contributed by atoms with van der Waals surface area (Å²) in [7, 11) is 0. The lowest BCUT2D eigenvalue weighted by molar-refractivity contribution is 0.676. The maximum absolute atomic E-state index is 4.88. The first-order valence-corrected chi connectivity index (χ1v) is 8.64. The van der Waals surface area contributed by atoms with Gasteiger partial charge in [-0.2, -0.15) is 0 Å². The number of benzene rings is 1. The van der Waals surface area contributed by atoms with Crippen molar-refractivity contribution in [1.82, 2.24) is 10.3 Å². The summed E-state index contributed by atoms with van der Waals surface area (Å²) in [5.74, 6) is 0. The first-order chi connectivity index (χ1) is 10.3. The Morgan fingerprint density at radius 1 is 1.19 bits per heavy atom. The third-order valence-corrected chi connectivity index (χ3v) is 5.08. The molecule has 0 aliphatic carbocycles. The Kier molecular flexibility index (Phi) is 4.56. The maximum Gasteiger partial charge on any atom is 0.186 e. The molecule has 0 atom stereocenters. The Hall–Kier alpha value is -1.39. The third kappa shape index (κ3) is 3.11. The first-order valence-electron chi connectivity index (χ1n) is 7.82. The van der Waals surface area contributed by atoms with Crippen LogP contribution in [0.5, 0.6) is 0 Å². The number of nitrogens with zero attached hydrogens (tertiary/aromatic N) is 2. The molecule has 2 aromatic rings.